The second-order valence-electron chi connectivity index (χ2n) is 6.99. The van der Waals surface area contributed by atoms with Crippen LogP contribution in [0.2, 0.25) is 0 Å². The van der Waals surface area contributed by atoms with Gasteiger partial charge in [-0.1, -0.05) is 13.8 Å². The smallest absolute Gasteiger partial charge is 0.230 e. The highest BCUT2D eigenvalue weighted by Gasteiger charge is 2.20. The third-order valence-electron chi connectivity index (χ3n) is 4.75. The molecule has 1 aliphatic rings. The van der Waals surface area contributed by atoms with Crippen molar-refractivity contribution in [2.45, 2.75) is 26.8 Å². The first kappa shape index (κ1) is 18.2. The van der Waals surface area contributed by atoms with Gasteiger partial charge >= 0.3 is 0 Å². The van der Waals surface area contributed by atoms with Crippen molar-refractivity contribution in [3.05, 3.63) is 48.0 Å². The van der Waals surface area contributed by atoms with Crippen LogP contribution in [0.4, 0.5) is 15.9 Å². The maximum Gasteiger partial charge on any atom is 0.230 e. The molecule has 0 radical (unpaired) electrons. The van der Waals surface area contributed by atoms with Crippen molar-refractivity contribution in [3.63, 3.8) is 0 Å². The van der Waals surface area contributed by atoms with E-state index >= 15 is 0 Å². The Morgan fingerprint density at radius 2 is 2.21 bits per heavy atom. The largest absolute Gasteiger partial charge is 0.492 e. The van der Waals surface area contributed by atoms with Crippen molar-refractivity contribution in [3.8, 4) is 5.75 Å². The number of anilines is 2. The van der Waals surface area contributed by atoms with Gasteiger partial charge in [-0.2, -0.15) is 5.10 Å². The van der Waals surface area contributed by atoms with E-state index in [2.05, 4.69) is 22.2 Å². The van der Waals surface area contributed by atoms with Crippen LogP contribution in [0.5, 0.6) is 5.75 Å². The highest BCUT2D eigenvalue weighted by atomic mass is 19.1. The van der Waals surface area contributed by atoms with Gasteiger partial charge in [0.1, 0.15) is 23.1 Å². The molecule has 0 unspecified atom stereocenters. The summed E-state index contributed by atoms with van der Waals surface area (Å²) >= 11 is 0. The second kappa shape index (κ2) is 7.46. The molecule has 1 N–H and O–H groups in total. The number of rotatable bonds is 2. The molecule has 1 atom stereocenters. The minimum atomic E-state index is -0.400. The minimum absolute atomic E-state index is 0.185. The number of halogens is 1. The number of hydrogen-bond donors (Lipinski definition) is 1. The highest BCUT2D eigenvalue weighted by Crippen LogP contribution is 2.26. The Morgan fingerprint density at radius 1 is 1.36 bits per heavy atom. The molecule has 28 heavy (non-hydrogen) atoms. The molecule has 0 spiro atoms. The van der Waals surface area contributed by atoms with Crippen molar-refractivity contribution in [1.29, 1.82) is 0 Å². The lowest BCUT2D eigenvalue weighted by Gasteiger charge is -2.24. The van der Waals surface area contributed by atoms with Gasteiger partial charge < -0.3 is 15.0 Å². The summed E-state index contributed by atoms with van der Waals surface area (Å²) in [5.74, 6) is 0.396. The van der Waals surface area contributed by atoms with Crippen molar-refractivity contribution in [2.24, 2.45) is 5.92 Å². The number of nitrogens with zero attached hydrogens (tertiary/aromatic N) is 4. The lowest BCUT2D eigenvalue weighted by molar-refractivity contribution is -0.120. The normalized spacial score (nSPS) is 17.3. The van der Waals surface area contributed by atoms with E-state index in [1.54, 1.807) is 23.7 Å². The summed E-state index contributed by atoms with van der Waals surface area (Å²) in [6, 6.07) is 6.33. The average molecular weight is 383 g/mol. The van der Waals surface area contributed by atoms with Crippen LogP contribution in [0.3, 0.4) is 0 Å². The van der Waals surface area contributed by atoms with Gasteiger partial charge in [-0.25, -0.2) is 13.9 Å². The summed E-state index contributed by atoms with van der Waals surface area (Å²) in [5.41, 5.74) is 1.84. The molecule has 1 amide bonds. The van der Waals surface area contributed by atoms with Crippen LogP contribution in [-0.2, 0) is 11.3 Å². The minimum Gasteiger partial charge on any atom is -0.492 e. The van der Waals surface area contributed by atoms with Crippen molar-refractivity contribution >= 4 is 23.1 Å². The Kier molecular flexibility index (Phi) is 4.85. The zero-order valence-corrected chi connectivity index (χ0v) is 15.9. The van der Waals surface area contributed by atoms with Gasteiger partial charge in [0.25, 0.3) is 0 Å². The molecule has 0 saturated heterocycles. The lowest BCUT2D eigenvalue weighted by atomic mass is 10.1. The number of ether oxygens (including phenoxy) is 1. The number of hydrogen-bond acceptors (Lipinski definition) is 5. The van der Waals surface area contributed by atoms with Crippen LogP contribution < -0.4 is 15.0 Å². The number of carbonyl (C=O) groups is 1. The Bertz CT molecular complexity index is 1020. The van der Waals surface area contributed by atoms with Crippen LogP contribution in [0.1, 0.15) is 25.8 Å². The van der Waals surface area contributed by atoms with E-state index in [1.807, 2.05) is 12.3 Å². The van der Waals surface area contributed by atoms with Gasteiger partial charge in [0.15, 0.2) is 5.65 Å². The molecule has 146 valence electrons. The maximum absolute atomic E-state index is 13.9. The van der Waals surface area contributed by atoms with Crippen LogP contribution in [-0.4, -0.2) is 33.7 Å². The summed E-state index contributed by atoms with van der Waals surface area (Å²) in [7, 11) is 0. The summed E-state index contributed by atoms with van der Waals surface area (Å²) in [6.45, 7) is 5.24. The predicted octanol–water partition coefficient (Wildman–Crippen LogP) is 3.25. The fourth-order valence-electron chi connectivity index (χ4n) is 3.23. The molecule has 8 heteroatoms. The van der Waals surface area contributed by atoms with Crippen LogP contribution in [0.15, 0.2) is 36.7 Å². The van der Waals surface area contributed by atoms with Gasteiger partial charge in [-0.3, -0.25) is 4.79 Å². The number of nitrogens with one attached hydrogen (secondary N) is 1. The number of amides is 1. The van der Waals surface area contributed by atoms with E-state index in [1.165, 1.54) is 12.1 Å². The van der Waals surface area contributed by atoms with Crippen LogP contribution in [0, 0.1) is 11.7 Å². The lowest BCUT2D eigenvalue weighted by Crippen LogP contribution is -2.26. The number of fused-ring (bicyclic) bond motifs is 2. The molecule has 7 nitrogen and oxygen atoms in total. The van der Waals surface area contributed by atoms with E-state index < -0.39 is 5.92 Å². The quantitative estimate of drug-likeness (QED) is 0.736. The molecule has 0 aliphatic carbocycles. The van der Waals surface area contributed by atoms with E-state index in [9.17, 15) is 9.18 Å². The summed E-state index contributed by atoms with van der Waals surface area (Å²) in [6.07, 6.45) is 4.30. The third kappa shape index (κ3) is 3.49. The average Bonchev–Trinajstić information content (AvgIpc) is 3.08. The van der Waals surface area contributed by atoms with E-state index in [4.69, 9.17) is 9.72 Å². The standard InChI is InChI=1S/C20H22FN5O2/c1-3-7-25-11-14-9-15(21)4-5-17(14)28-12-13(2)20(27)23-16-10-22-26-8-6-18(25)24-19(16)26/h4-6,8-10,13H,3,7,11-12H2,1-2H3,(H,23,27)/t13-/m1/s1. The molecule has 3 heterocycles. The van der Waals surface area contributed by atoms with Gasteiger partial charge in [-0.05, 0) is 30.7 Å². The molecular formula is C20H22FN5O2. The Hall–Kier alpha value is -3.16. The number of benzene rings is 1. The maximum atomic E-state index is 13.9. The second-order valence-corrected chi connectivity index (χ2v) is 6.99. The first-order chi connectivity index (χ1) is 13.5. The number of aromatic nitrogens is 3. The summed E-state index contributed by atoms with van der Waals surface area (Å²) in [4.78, 5) is 19.3. The Balaban J connectivity index is 1.84. The van der Waals surface area contributed by atoms with Crippen molar-refractivity contribution in [1.82, 2.24) is 14.6 Å². The fourth-order valence-corrected chi connectivity index (χ4v) is 3.23. The monoisotopic (exact) mass is 383 g/mol. The molecule has 0 fully saturated rings. The summed E-state index contributed by atoms with van der Waals surface area (Å²) < 4.78 is 21.4. The molecular weight excluding hydrogens is 361 g/mol. The van der Waals surface area contributed by atoms with E-state index in [-0.39, 0.29) is 18.3 Å². The molecule has 4 rings (SSSR count). The zero-order chi connectivity index (χ0) is 19.7. The van der Waals surface area contributed by atoms with Crippen LogP contribution >= 0.6 is 0 Å². The van der Waals surface area contributed by atoms with Crippen LogP contribution in [0.25, 0.3) is 5.65 Å². The molecule has 2 bridgehead atoms. The Labute approximate surface area is 162 Å². The van der Waals surface area contributed by atoms with Crippen molar-refractivity contribution < 1.29 is 13.9 Å². The highest BCUT2D eigenvalue weighted by molar-refractivity contribution is 5.95. The Morgan fingerprint density at radius 3 is 3.04 bits per heavy atom. The van der Waals surface area contributed by atoms with E-state index in [0.29, 0.717) is 23.6 Å². The third-order valence-corrected chi connectivity index (χ3v) is 4.75. The SMILES string of the molecule is CCCN1Cc2cc(F)ccc2OC[C@@H](C)C(=O)Nc2cnn3ccc1nc23. The molecule has 0 saturated carbocycles. The summed E-state index contributed by atoms with van der Waals surface area (Å²) in [5, 5.41) is 7.13. The zero-order valence-electron chi connectivity index (χ0n) is 15.9. The first-order valence-electron chi connectivity index (χ1n) is 9.36. The predicted molar refractivity (Wildman–Crippen MR) is 104 cm³/mol. The molecule has 2 aromatic heterocycles. The van der Waals surface area contributed by atoms with Gasteiger partial charge in [0.05, 0.1) is 18.7 Å². The number of carbonyl (C=O) groups excluding carboxylic acids is 1. The molecule has 3 aromatic rings. The van der Waals surface area contributed by atoms with E-state index in [0.717, 1.165) is 24.3 Å². The van der Waals surface area contributed by atoms with Gasteiger partial charge in [-0.15, -0.1) is 0 Å². The topological polar surface area (TPSA) is 71.8 Å². The molecule has 1 aromatic carbocycles. The van der Waals surface area contributed by atoms with Crippen molar-refractivity contribution in [2.75, 3.05) is 23.4 Å². The molecule has 1 aliphatic heterocycles. The first-order valence-corrected chi connectivity index (χ1v) is 9.36. The van der Waals surface area contributed by atoms with Gasteiger partial charge in [0, 0.05) is 24.8 Å². The fraction of sp³-hybridized carbons (Fsp3) is 0.350. The van der Waals surface area contributed by atoms with Gasteiger partial charge in [0.2, 0.25) is 5.91 Å².